The molecule has 7 heteroatoms. The summed E-state index contributed by atoms with van der Waals surface area (Å²) in [6, 6.07) is 11.6. The lowest BCUT2D eigenvalue weighted by molar-refractivity contribution is -0.122. The van der Waals surface area contributed by atoms with Gasteiger partial charge < -0.3 is 15.0 Å². The number of rotatable bonds is 4. The van der Waals surface area contributed by atoms with E-state index in [4.69, 9.17) is 16.3 Å². The third kappa shape index (κ3) is 3.58. The summed E-state index contributed by atoms with van der Waals surface area (Å²) in [6.07, 6.45) is 2.87. The lowest BCUT2D eigenvalue weighted by Gasteiger charge is -2.38. The van der Waals surface area contributed by atoms with E-state index in [1.807, 2.05) is 43.4 Å². The van der Waals surface area contributed by atoms with Gasteiger partial charge in [0.15, 0.2) is 0 Å². The standard InChI is InChI=1S/C24H26ClN3O3/c1-27-21-6-4-18(14-16(21)2-7-22(27)29)31-13-12-28-10-8-24(9-11-28)19-15-17(25)3-5-20(19)26-23(24)30/h3-6,14-15H,2,7-13H2,1H3,(H,26,30). The minimum absolute atomic E-state index is 0.0955. The molecular weight excluding hydrogens is 414 g/mol. The number of carbonyl (C=O) groups is 2. The van der Waals surface area contributed by atoms with Crippen LogP contribution in [0, 0.1) is 0 Å². The molecule has 3 heterocycles. The molecule has 1 fully saturated rings. The van der Waals surface area contributed by atoms with Crippen LogP contribution in [0.25, 0.3) is 0 Å². The number of hydrogen-bond acceptors (Lipinski definition) is 4. The van der Waals surface area contributed by atoms with Crippen molar-refractivity contribution in [1.82, 2.24) is 4.90 Å². The number of aryl methyl sites for hydroxylation is 1. The summed E-state index contributed by atoms with van der Waals surface area (Å²) in [4.78, 5) is 28.7. The van der Waals surface area contributed by atoms with Crippen molar-refractivity contribution in [2.45, 2.75) is 31.1 Å². The molecule has 6 nitrogen and oxygen atoms in total. The van der Waals surface area contributed by atoms with Gasteiger partial charge in [0.2, 0.25) is 11.8 Å². The summed E-state index contributed by atoms with van der Waals surface area (Å²) in [7, 11) is 1.82. The van der Waals surface area contributed by atoms with Gasteiger partial charge in [0.25, 0.3) is 0 Å². The molecule has 0 radical (unpaired) electrons. The smallest absolute Gasteiger partial charge is 0.235 e. The van der Waals surface area contributed by atoms with Crippen molar-refractivity contribution in [2.24, 2.45) is 0 Å². The molecule has 2 amide bonds. The Hall–Kier alpha value is -2.57. The molecule has 3 aliphatic rings. The van der Waals surface area contributed by atoms with Gasteiger partial charge in [0.1, 0.15) is 12.4 Å². The molecule has 31 heavy (non-hydrogen) atoms. The van der Waals surface area contributed by atoms with Crippen LogP contribution in [0.1, 0.15) is 30.4 Å². The van der Waals surface area contributed by atoms with Gasteiger partial charge in [0, 0.05) is 36.4 Å². The van der Waals surface area contributed by atoms with Crippen molar-refractivity contribution in [1.29, 1.82) is 0 Å². The van der Waals surface area contributed by atoms with Crippen molar-refractivity contribution < 1.29 is 14.3 Å². The number of nitrogens with zero attached hydrogens (tertiary/aromatic N) is 2. The summed E-state index contributed by atoms with van der Waals surface area (Å²) < 4.78 is 6.01. The summed E-state index contributed by atoms with van der Waals surface area (Å²) >= 11 is 6.20. The molecule has 0 saturated carbocycles. The number of nitrogens with one attached hydrogen (secondary N) is 1. The topological polar surface area (TPSA) is 61.9 Å². The van der Waals surface area contributed by atoms with E-state index < -0.39 is 5.41 Å². The first-order valence-electron chi connectivity index (χ1n) is 10.8. The predicted octanol–water partition coefficient (Wildman–Crippen LogP) is 3.61. The predicted molar refractivity (Wildman–Crippen MR) is 121 cm³/mol. The first-order chi connectivity index (χ1) is 15.0. The molecule has 1 spiro atoms. The molecule has 1 saturated heterocycles. The maximum Gasteiger partial charge on any atom is 0.235 e. The van der Waals surface area contributed by atoms with Gasteiger partial charge >= 0.3 is 0 Å². The van der Waals surface area contributed by atoms with E-state index >= 15 is 0 Å². The van der Waals surface area contributed by atoms with Crippen molar-refractivity contribution in [3.05, 3.63) is 52.5 Å². The van der Waals surface area contributed by atoms with Crippen LogP contribution >= 0.6 is 11.6 Å². The van der Waals surface area contributed by atoms with Crippen LogP contribution in [-0.2, 0) is 21.4 Å². The van der Waals surface area contributed by atoms with Crippen LogP contribution in [0.2, 0.25) is 5.02 Å². The molecule has 2 aromatic carbocycles. The zero-order chi connectivity index (χ0) is 21.6. The van der Waals surface area contributed by atoms with Crippen molar-refractivity contribution in [3.8, 4) is 5.75 Å². The third-order valence-corrected chi connectivity index (χ3v) is 7.20. The fourth-order valence-corrected chi connectivity index (χ4v) is 5.23. The molecule has 0 aliphatic carbocycles. The maximum atomic E-state index is 12.8. The molecule has 0 bridgehead atoms. The van der Waals surface area contributed by atoms with Crippen molar-refractivity contribution in [3.63, 3.8) is 0 Å². The quantitative estimate of drug-likeness (QED) is 0.790. The van der Waals surface area contributed by atoms with Crippen LogP contribution in [-0.4, -0.2) is 50.0 Å². The second-order valence-electron chi connectivity index (χ2n) is 8.66. The highest BCUT2D eigenvalue weighted by Crippen LogP contribution is 2.45. The summed E-state index contributed by atoms with van der Waals surface area (Å²) in [5, 5.41) is 3.70. The molecule has 1 N–H and O–H groups in total. The number of amides is 2. The molecule has 162 valence electrons. The monoisotopic (exact) mass is 439 g/mol. The summed E-state index contributed by atoms with van der Waals surface area (Å²) in [5.41, 5.74) is 3.60. The average Bonchev–Trinajstić information content (AvgIpc) is 3.03. The van der Waals surface area contributed by atoms with Crippen molar-refractivity contribution >= 4 is 34.8 Å². The Bertz CT molecular complexity index is 1050. The lowest BCUT2D eigenvalue weighted by Crippen LogP contribution is -2.47. The minimum atomic E-state index is -0.459. The molecule has 2 aromatic rings. The van der Waals surface area contributed by atoms with Gasteiger partial charge in [-0.2, -0.15) is 0 Å². The first kappa shape index (κ1) is 20.3. The average molecular weight is 440 g/mol. The van der Waals surface area contributed by atoms with Crippen LogP contribution < -0.4 is 15.0 Å². The molecular formula is C24H26ClN3O3. The molecule has 0 atom stereocenters. The van der Waals surface area contributed by atoms with Gasteiger partial charge in [-0.25, -0.2) is 0 Å². The Morgan fingerprint density at radius 2 is 1.90 bits per heavy atom. The molecule has 0 unspecified atom stereocenters. The first-order valence-corrected chi connectivity index (χ1v) is 11.2. The van der Waals surface area contributed by atoms with E-state index in [0.29, 0.717) is 18.1 Å². The normalized spacial score (nSPS) is 19.9. The summed E-state index contributed by atoms with van der Waals surface area (Å²) in [5.74, 6) is 1.09. The fourth-order valence-electron chi connectivity index (χ4n) is 5.06. The van der Waals surface area contributed by atoms with Crippen LogP contribution in [0.5, 0.6) is 5.75 Å². The van der Waals surface area contributed by atoms with Gasteiger partial charge in [-0.3, -0.25) is 14.5 Å². The second kappa shape index (κ2) is 7.84. The van der Waals surface area contributed by atoms with E-state index in [-0.39, 0.29) is 11.8 Å². The lowest BCUT2D eigenvalue weighted by atomic mass is 9.73. The zero-order valence-electron chi connectivity index (χ0n) is 17.6. The van der Waals surface area contributed by atoms with Gasteiger partial charge in [-0.05, 0) is 79.9 Å². The Morgan fingerprint density at radius 1 is 1.10 bits per heavy atom. The molecule has 3 aliphatic heterocycles. The second-order valence-corrected chi connectivity index (χ2v) is 9.10. The molecule has 0 aromatic heterocycles. The SMILES string of the molecule is CN1C(=O)CCc2cc(OCCN3CCC4(CC3)C(=O)Nc3ccc(Cl)cc34)ccc21. The van der Waals surface area contributed by atoms with Crippen molar-refractivity contribution in [2.75, 3.05) is 43.5 Å². The van der Waals surface area contributed by atoms with E-state index in [2.05, 4.69) is 10.2 Å². The number of carbonyl (C=O) groups excluding carboxylic acids is 2. The Balaban J connectivity index is 1.17. The zero-order valence-corrected chi connectivity index (χ0v) is 18.4. The maximum absolute atomic E-state index is 12.8. The number of fused-ring (bicyclic) bond motifs is 3. The number of hydrogen-bond donors (Lipinski definition) is 1. The number of halogens is 1. The van der Waals surface area contributed by atoms with Crippen LogP contribution in [0.3, 0.4) is 0 Å². The van der Waals surface area contributed by atoms with Crippen LogP contribution in [0.15, 0.2) is 36.4 Å². The minimum Gasteiger partial charge on any atom is -0.492 e. The highest BCUT2D eigenvalue weighted by molar-refractivity contribution is 6.31. The third-order valence-electron chi connectivity index (χ3n) is 6.96. The van der Waals surface area contributed by atoms with E-state index in [1.54, 1.807) is 4.90 Å². The number of ether oxygens (including phenoxy) is 1. The highest BCUT2D eigenvalue weighted by atomic mass is 35.5. The van der Waals surface area contributed by atoms with Gasteiger partial charge in [-0.1, -0.05) is 11.6 Å². The highest BCUT2D eigenvalue weighted by Gasteiger charge is 2.48. The van der Waals surface area contributed by atoms with E-state index in [1.165, 1.54) is 0 Å². The number of piperidine rings is 1. The largest absolute Gasteiger partial charge is 0.492 e. The van der Waals surface area contributed by atoms with Gasteiger partial charge in [0.05, 0.1) is 5.41 Å². The fraction of sp³-hybridized carbons (Fsp3) is 0.417. The van der Waals surface area contributed by atoms with E-state index in [0.717, 1.165) is 67.1 Å². The van der Waals surface area contributed by atoms with E-state index in [9.17, 15) is 9.59 Å². The Kier molecular flexibility index (Phi) is 5.15. The van der Waals surface area contributed by atoms with Gasteiger partial charge in [-0.15, -0.1) is 0 Å². The Morgan fingerprint density at radius 3 is 2.71 bits per heavy atom. The number of likely N-dealkylation sites (tertiary alicyclic amines) is 1. The Labute approximate surface area is 187 Å². The summed E-state index contributed by atoms with van der Waals surface area (Å²) in [6.45, 7) is 3.10. The number of benzene rings is 2. The van der Waals surface area contributed by atoms with Crippen LogP contribution in [0.4, 0.5) is 11.4 Å². The molecule has 5 rings (SSSR count). The number of anilines is 2.